The number of rotatable bonds is 5. The fraction of sp³-hybridized carbons (Fsp3) is 0.227. The van der Waals surface area contributed by atoms with Crippen molar-refractivity contribution >= 4 is 40.7 Å². The number of anilines is 1. The van der Waals surface area contributed by atoms with Crippen LogP contribution in [-0.4, -0.2) is 59.2 Å². The van der Waals surface area contributed by atoms with Gasteiger partial charge in [0.25, 0.3) is 5.91 Å². The lowest BCUT2D eigenvalue weighted by Crippen LogP contribution is -2.51. The fourth-order valence-electron chi connectivity index (χ4n) is 3.45. The Kier molecular flexibility index (Phi) is 6.44. The van der Waals surface area contributed by atoms with Crippen LogP contribution in [0, 0.1) is 0 Å². The van der Waals surface area contributed by atoms with E-state index in [9.17, 15) is 9.59 Å². The van der Waals surface area contributed by atoms with E-state index in [-0.39, 0.29) is 18.1 Å². The first-order valence-electron chi connectivity index (χ1n) is 9.88. The molecular weight excluding hydrogens is 437 g/mol. The number of nitrogens with one attached hydrogen (secondary N) is 1. The molecule has 160 valence electrons. The molecule has 1 aliphatic heterocycles. The zero-order valence-corrected chi connectivity index (χ0v) is 18.2. The Morgan fingerprint density at radius 3 is 2.23 bits per heavy atom. The van der Waals surface area contributed by atoms with Gasteiger partial charge in [0, 0.05) is 48.1 Å². The fourth-order valence-corrected chi connectivity index (χ4v) is 3.82. The first-order valence-corrected chi connectivity index (χ1v) is 10.6. The van der Waals surface area contributed by atoms with Gasteiger partial charge in [-0.2, -0.15) is 5.10 Å². The number of benzene rings is 2. The summed E-state index contributed by atoms with van der Waals surface area (Å²) in [5, 5.41) is 8.20. The molecule has 2 amide bonds. The summed E-state index contributed by atoms with van der Waals surface area (Å²) in [7, 11) is 0. The third-order valence-corrected chi connectivity index (χ3v) is 5.57. The molecule has 0 saturated carbocycles. The maximum Gasteiger partial charge on any atom is 0.272 e. The highest BCUT2D eigenvalue weighted by Gasteiger charge is 2.22. The van der Waals surface area contributed by atoms with Gasteiger partial charge < -0.3 is 15.1 Å². The molecule has 4 rings (SSSR count). The highest BCUT2D eigenvalue weighted by atomic mass is 35.5. The minimum Gasteiger partial charge on any atom is -0.368 e. The van der Waals surface area contributed by atoms with Crippen molar-refractivity contribution in [3.63, 3.8) is 0 Å². The molecule has 2 heterocycles. The molecule has 0 radical (unpaired) electrons. The number of carbonyl (C=O) groups excluding carboxylic acids is 2. The molecule has 1 aliphatic rings. The standard InChI is InChI=1S/C22H21Cl2N5O2/c23-16-3-1-5-18(13-16)27-9-11-28(12-10-27)21(30)15-25-22(31)20-7-8-29(26-20)19-6-2-4-17(24)14-19/h1-8,13-14H,9-12,15H2,(H,25,31). The Labute approximate surface area is 190 Å². The molecular formula is C22H21Cl2N5O2. The SMILES string of the molecule is O=C(NCC(=O)N1CCN(c2cccc(Cl)c2)CC1)c1ccn(-c2cccc(Cl)c2)n1. The van der Waals surface area contributed by atoms with E-state index in [1.165, 1.54) is 0 Å². The van der Waals surface area contributed by atoms with Gasteiger partial charge >= 0.3 is 0 Å². The summed E-state index contributed by atoms with van der Waals surface area (Å²) in [6.45, 7) is 2.53. The summed E-state index contributed by atoms with van der Waals surface area (Å²) in [5.74, 6) is -0.514. The summed E-state index contributed by atoms with van der Waals surface area (Å²) in [4.78, 5) is 28.9. The van der Waals surface area contributed by atoms with Crippen molar-refractivity contribution in [2.45, 2.75) is 0 Å². The molecule has 7 nitrogen and oxygen atoms in total. The molecule has 31 heavy (non-hydrogen) atoms. The van der Waals surface area contributed by atoms with Gasteiger partial charge in [-0.15, -0.1) is 0 Å². The first kappa shape index (κ1) is 21.2. The summed E-state index contributed by atoms with van der Waals surface area (Å²) >= 11 is 12.1. The number of hydrogen-bond acceptors (Lipinski definition) is 4. The third kappa shape index (κ3) is 5.18. The predicted octanol–water partition coefficient (Wildman–Crippen LogP) is 3.26. The molecule has 0 bridgehead atoms. The second-order valence-corrected chi connectivity index (χ2v) is 8.03. The minimum atomic E-state index is -0.397. The lowest BCUT2D eigenvalue weighted by atomic mass is 10.2. The van der Waals surface area contributed by atoms with Crippen molar-refractivity contribution in [3.05, 3.63) is 76.5 Å². The maximum absolute atomic E-state index is 12.5. The van der Waals surface area contributed by atoms with E-state index >= 15 is 0 Å². The number of amides is 2. The van der Waals surface area contributed by atoms with Gasteiger partial charge in [0.05, 0.1) is 12.2 Å². The normalized spacial score (nSPS) is 13.9. The zero-order valence-electron chi connectivity index (χ0n) is 16.7. The van der Waals surface area contributed by atoms with E-state index in [2.05, 4.69) is 15.3 Å². The van der Waals surface area contributed by atoms with Gasteiger partial charge in [0.1, 0.15) is 0 Å². The van der Waals surface area contributed by atoms with E-state index in [0.717, 1.165) is 11.4 Å². The molecule has 0 unspecified atom stereocenters. The van der Waals surface area contributed by atoms with Crippen molar-refractivity contribution in [3.8, 4) is 5.69 Å². The van der Waals surface area contributed by atoms with Crippen LogP contribution >= 0.6 is 23.2 Å². The average molecular weight is 458 g/mol. The van der Waals surface area contributed by atoms with E-state index in [0.29, 0.717) is 36.2 Å². The van der Waals surface area contributed by atoms with E-state index in [4.69, 9.17) is 23.2 Å². The minimum absolute atomic E-state index is 0.0694. The van der Waals surface area contributed by atoms with Crippen LogP contribution in [0.25, 0.3) is 5.69 Å². The number of hydrogen-bond donors (Lipinski definition) is 1. The molecule has 0 aliphatic carbocycles. The van der Waals surface area contributed by atoms with Crippen molar-refractivity contribution in [2.24, 2.45) is 0 Å². The largest absolute Gasteiger partial charge is 0.368 e. The van der Waals surface area contributed by atoms with Gasteiger partial charge in [-0.3, -0.25) is 9.59 Å². The van der Waals surface area contributed by atoms with Gasteiger partial charge in [-0.25, -0.2) is 4.68 Å². The summed E-state index contributed by atoms with van der Waals surface area (Å²) in [6.07, 6.45) is 1.68. The average Bonchev–Trinajstić information content (AvgIpc) is 3.28. The molecule has 1 saturated heterocycles. The number of nitrogens with zero attached hydrogens (tertiary/aromatic N) is 4. The Morgan fingerprint density at radius 1 is 0.903 bits per heavy atom. The van der Waals surface area contributed by atoms with Crippen molar-refractivity contribution in [1.82, 2.24) is 20.0 Å². The number of carbonyl (C=O) groups is 2. The lowest BCUT2D eigenvalue weighted by molar-refractivity contribution is -0.130. The maximum atomic E-state index is 12.5. The number of piperazine rings is 1. The van der Waals surface area contributed by atoms with E-state index < -0.39 is 5.91 Å². The molecule has 1 N–H and O–H groups in total. The highest BCUT2D eigenvalue weighted by molar-refractivity contribution is 6.31. The molecule has 9 heteroatoms. The predicted molar refractivity (Wildman–Crippen MR) is 121 cm³/mol. The van der Waals surface area contributed by atoms with Gasteiger partial charge in [0.15, 0.2) is 5.69 Å². The quantitative estimate of drug-likeness (QED) is 0.638. The summed E-state index contributed by atoms with van der Waals surface area (Å²) in [6, 6.07) is 16.4. The monoisotopic (exact) mass is 457 g/mol. The third-order valence-electron chi connectivity index (χ3n) is 5.10. The van der Waals surface area contributed by atoms with Crippen LogP contribution in [0.15, 0.2) is 60.8 Å². The zero-order chi connectivity index (χ0) is 21.8. The molecule has 1 fully saturated rings. The van der Waals surface area contributed by atoms with Crippen molar-refractivity contribution in [1.29, 1.82) is 0 Å². The van der Waals surface area contributed by atoms with Crippen LogP contribution in [0.1, 0.15) is 10.5 Å². The van der Waals surface area contributed by atoms with Crippen LogP contribution in [0.4, 0.5) is 5.69 Å². The molecule has 2 aromatic carbocycles. The smallest absolute Gasteiger partial charge is 0.272 e. The molecule has 3 aromatic rings. The molecule has 0 atom stereocenters. The highest BCUT2D eigenvalue weighted by Crippen LogP contribution is 2.20. The van der Waals surface area contributed by atoms with Gasteiger partial charge in [-0.05, 0) is 42.5 Å². The Bertz CT molecular complexity index is 1090. The topological polar surface area (TPSA) is 70.5 Å². The van der Waals surface area contributed by atoms with Crippen LogP contribution in [0.3, 0.4) is 0 Å². The summed E-state index contributed by atoms with van der Waals surface area (Å²) in [5.41, 5.74) is 2.03. The first-order chi connectivity index (χ1) is 15.0. The Hall–Kier alpha value is -3.03. The van der Waals surface area contributed by atoms with Crippen LogP contribution in [0.2, 0.25) is 10.0 Å². The Morgan fingerprint density at radius 2 is 1.55 bits per heavy atom. The van der Waals surface area contributed by atoms with E-state index in [1.54, 1.807) is 34.0 Å². The van der Waals surface area contributed by atoms with Crippen molar-refractivity contribution in [2.75, 3.05) is 37.6 Å². The van der Waals surface area contributed by atoms with Crippen LogP contribution in [-0.2, 0) is 4.79 Å². The van der Waals surface area contributed by atoms with Gasteiger partial charge in [0.2, 0.25) is 5.91 Å². The number of halogens is 2. The Balaban J connectivity index is 1.28. The van der Waals surface area contributed by atoms with Crippen molar-refractivity contribution < 1.29 is 9.59 Å². The number of aromatic nitrogens is 2. The van der Waals surface area contributed by atoms with Crippen LogP contribution in [0.5, 0.6) is 0 Å². The van der Waals surface area contributed by atoms with Crippen LogP contribution < -0.4 is 10.2 Å². The van der Waals surface area contributed by atoms with E-state index in [1.807, 2.05) is 36.4 Å². The summed E-state index contributed by atoms with van der Waals surface area (Å²) < 4.78 is 1.57. The van der Waals surface area contributed by atoms with Gasteiger partial charge in [-0.1, -0.05) is 35.3 Å². The molecule has 1 aromatic heterocycles. The second kappa shape index (κ2) is 9.41. The molecule has 0 spiro atoms. The second-order valence-electron chi connectivity index (χ2n) is 7.16. The lowest BCUT2D eigenvalue weighted by Gasteiger charge is -2.36.